The molecule has 35 heavy (non-hydrogen) atoms. The van der Waals surface area contributed by atoms with Crippen molar-refractivity contribution in [1.29, 1.82) is 0 Å². The maximum absolute atomic E-state index is 12.8. The third-order valence-electron chi connectivity index (χ3n) is 4.80. The highest BCUT2D eigenvalue weighted by molar-refractivity contribution is 7.99. The van der Waals surface area contributed by atoms with Crippen molar-refractivity contribution in [3.63, 3.8) is 0 Å². The minimum Gasteiger partial charge on any atom is -0.474 e. The van der Waals surface area contributed by atoms with Gasteiger partial charge >= 0.3 is 24.1 Å². The summed E-state index contributed by atoms with van der Waals surface area (Å²) < 4.78 is 60.2. The van der Waals surface area contributed by atoms with E-state index in [0.717, 1.165) is 12.1 Å². The molecule has 4 atom stereocenters. The fourth-order valence-corrected chi connectivity index (χ4v) is 4.61. The van der Waals surface area contributed by atoms with Crippen molar-refractivity contribution in [2.75, 3.05) is 5.75 Å². The Morgan fingerprint density at radius 1 is 0.886 bits per heavy atom. The first-order chi connectivity index (χ1) is 16.4. The zero-order valence-electron chi connectivity index (χ0n) is 18.9. The van der Waals surface area contributed by atoms with Crippen LogP contribution in [0.15, 0.2) is 42.6 Å². The van der Waals surface area contributed by atoms with E-state index in [4.69, 9.17) is 18.9 Å². The van der Waals surface area contributed by atoms with E-state index in [1.807, 2.05) is 0 Å². The second-order valence-corrected chi connectivity index (χ2v) is 8.70. The Morgan fingerprint density at radius 3 is 2.00 bits per heavy atom. The van der Waals surface area contributed by atoms with Gasteiger partial charge < -0.3 is 18.9 Å². The average Bonchev–Trinajstić information content (AvgIpc) is 2.77. The second kappa shape index (κ2) is 11.0. The number of nitrogens with zero attached hydrogens (tertiary/aromatic N) is 1. The van der Waals surface area contributed by atoms with Crippen LogP contribution in [0.25, 0.3) is 11.3 Å². The molecule has 1 aliphatic heterocycles. The van der Waals surface area contributed by atoms with E-state index in [2.05, 4.69) is 4.98 Å². The minimum absolute atomic E-state index is 0.205. The van der Waals surface area contributed by atoms with Gasteiger partial charge in [0.1, 0.15) is 5.75 Å². The number of halogens is 3. The molecule has 1 saturated heterocycles. The molecule has 0 saturated carbocycles. The molecule has 1 aliphatic rings. The van der Waals surface area contributed by atoms with E-state index in [9.17, 15) is 27.6 Å². The predicted octanol–water partition coefficient (Wildman–Crippen LogP) is 4.01. The lowest BCUT2D eigenvalue weighted by Gasteiger charge is -2.39. The summed E-state index contributed by atoms with van der Waals surface area (Å²) in [4.78, 5) is 39.1. The van der Waals surface area contributed by atoms with Crippen molar-refractivity contribution < 1.29 is 46.5 Å². The molecular formula is C23H22F3NO7S. The molecule has 1 aromatic heterocycles. The van der Waals surface area contributed by atoms with Crippen LogP contribution in [0.5, 0.6) is 5.75 Å². The summed E-state index contributed by atoms with van der Waals surface area (Å²) in [6.45, 7) is 3.57. The number of carbonyl (C=O) groups is 3. The van der Waals surface area contributed by atoms with Crippen LogP contribution in [-0.4, -0.2) is 52.4 Å². The number of hydrogen-bond donors (Lipinski definition) is 0. The zero-order valence-corrected chi connectivity index (χ0v) is 19.7. The number of esters is 3. The number of rotatable bonds is 6. The number of pyridine rings is 1. The van der Waals surface area contributed by atoms with Crippen molar-refractivity contribution in [3.05, 3.63) is 48.2 Å². The molecule has 1 aromatic carbocycles. The Morgan fingerprint density at radius 2 is 1.49 bits per heavy atom. The number of carbonyl (C=O) groups excluding carboxylic acids is 3. The molecule has 0 aliphatic carbocycles. The highest BCUT2D eigenvalue weighted by Gasteiger charge is 2.47. The summed E-state index contributed by atoms with van der Waals surface area (Å²) in [7, 11) is 0. The van der Waals surface area contributed by atoms with Crippen molar-refractivity contribution in [2.24, 2.45) is 0 Å². The van der Waals surface area contributed by atoms with Crippen LogP contribution < -0.4 is 4.74 Å². The maximum Gasteiger partial charge on any atom is 0.416 e. The van der Waals surface area contributed by atoms with Gasteiger partial charge in [-0.25, -0.2) is 0 Å². The first-order valence-electron chi connectivity index (χ1n) is 10.4. The molecule has 188 valence electrons. The first-order valence-corrected chi connectivity index (χ1v) is 11.4. The molecule has 0 spiro atoms. The molecule has 8 nitrogen and oxygen atoms in total. The molecule has 2 heterocycles. The lowest BCUT2D eigenvalue weighted by molar-refractivity contribution is -0.186. The van der Waals surface area contributed by atoms with Gasteiger partial charge in [-0.05, 0) is 24.3 Å². The van der Waals surface area contributed by atoms with Crippen LogP contribution in [0.3, 0.4) is 0 Å². The van der Waals surface area contributed by atoms with Crippen molar-refractivity contribution in [1.82, 2.24) is 4.98 Å². The Hall–Kier alpha value is -3.28. The van der Waals surface area contributed by atoms with E-state index >= 15 is 0 Å². The highest BCUT2D eigenvalue weighted by Crippen LogP contribution is 2.35. The molecular weight excluding hydrogens is 491 g/mol. The third-order valence-corrected chi connectivity index (χ3v) is 6.02. The average molecular weight is 513 g/mol. The zero-order chi connectivity index (χ0) is 25.8. The molecule has 0 radical (unpaired) electrons. The summed E-state index contributed by atoms with van der Waals surface area (Å²) in [5.74, 6) is -1.41. The first kappa shape index (κ1) is 26.3. The van der Waals surface area contributed by atoms with E-state index in [0.29, 0.717) is 11.3 Å². The lowest BCUT2D eigenvalue weighted by Crippen LogP contribution is -2.55. The highest BCUT2D eigenvalue weighted by atomic mass is 32.2. The van der Waals surface area contributed by atoms with Gasteiger partial charge in [-0.15, -0.1) is 11.8 Å². The summed E-state index contributed by atoms with van der Waals surface area (Å²) in [5, 5.41) is 0. The van der Waals surface area contributed by atoms with Crippen molar-refractivity contribution in [3.8, 4) is 17.0 Å². The monoisotopic (exact) mass is 513 g/mol. The maximum atomic E-state index is 12.8. The number of thioether (sulfide) groups is 1. The molecule has 2 aromatic rings. The van der Waals surface area contributed by atoms with E-state index < -0.39 is 53.4 Å². The van der Waals surface area contributed by atoms with Crippen molar-refractivity contribution >= 4 is 29.7 Å². The molecule has 1 fully saturated rings. The van der Waals surface area contributed by atoms with Crippen LogP contribution in [0.2, 0.25) is 0 Å². The SMILES string of the molecule is CC(=O)O[C@@H]1[C@@H](OC(C)=O)[C@H](OC(C)=O)CS[C@H]1Oc1ccc(-c2ccc(C(F)(F)F)cc2)nc1. The Balaban J connectivity index is 1.78. The molecule has 12 heteroatoms. The van der Waals surface area contributed by atoms with Crippen molar-refractivity contribution in [2.45, 2.75) is 50.7 Å². The fourth-order valence-electron chi connectivity index (χ4n) is 3.39. The quantitative estimate of drug-likeness (QED) is 0.419. The Labute approximate surface area is 203 Å². The number of alkyl halides is 3. The number of aromatic nitrogens is 1. The summed E-state index contributed by atoms with van der Waals surface area (Å²) in [6, 6.07) is 7.70. The standard InChI is InChI=1S/C23H22F3NO7S/c1-12(28)31-19-11-35-22(21(33-14(3)30)20(19)32-13(2)29)34-17-8-9-18(27-10-17)15-4-6-16(7-5-15)23(24,25)26/h4-10,19-22H,11H2,1-3H3/t19-,20+,21-,22-/m1/s1. The van der Waals surface area contributed by atoms with Gasteiger partial charge in [0.2, 0.25) is 0 Å². The lowest BCUT2D eigenvalue weighted by atomic mass is 10.1. The minimum atomic E-state index is -4.43. The van der Waals surface area contributed by atoms with Gasteiger partial charge in [-0.3, -0.25) is 19.4 Å². The smallest absolute Gasteiger partial charge is 0.416 e. The Bertz CT molecular complexity index is 1060. The van der Waals surface area contributed by atoms with Crippen LogP contribution in [0.1, 0.15) is 26.3 Å². The summed E-state index contributed by atoms with van der Waals surface area (Å²) in [5.41, 5.74) is -0.685. The number of ether oxygens (including phenoxy) is 4. The number of benzene rings is 1. The van der Waals surface area contributed by atoms with Crippen LogP contribution in [0.4, 0.5) is 13.2 Å². The van der Waals surface area contributed by atoms with Gasteiger partial charge in [-0.2, -0.15) is 13.2 Å². The second-order valence-electron chi connectivity index (χ2n) is 7.57. The van der Waals surface area contributed by atoms with Gasteiger partial charge in [0.05, 0.1) is 17.5 Å². The van der Waals surface area contributed by atoms with Crippen LogP contribution >= 0.6 is 11.8 Å². The fraction of sp³-hybridized carbons (Fsp3) is 0.391. The topological polar surface area (TPSA) is 101 Å². The van der Waals surface area contributed by atoms with Gasteiger partial charge in [0.25, 0.3) is 0 Å². The summed E-state index contributed by atoms with van der Waals surface area (Å²) in [6.07, 6.45) is -6.10. The summed E-state index contributed by atoms with van der Waals surface area (Å²) >= 11 is 1.19. The normalized spacial score (nSPS) is 22.1. The predicted molar refractivity (Wildman–Crippen MR) is 118 cm³/mol. The molecule has 3 rings (SSSR count). The van der Waals surface area contributed by atoms with E-state index in [-0.39, 0.29) is 11.5 Å². The molecule has 0 N–H and O–H groups in total. The van der Waals surface area contributed by atoms with Crippen LogP contribution in [0, 0.1) is 0 Å². The molecule has 0 amide bonds. The number of hydrogen-bond acceptors (Lipinski definition) is 9. The third kappa shape index (κ3) is 7.10. The van der Waals surface area contributed by atoms with Crippen LogP contribution in [-0.2, 0) is 34.8 Å². The largest absolute Gasteiger partial charge is 0.474 e. The van der Waals surface area contributed by atoms with E-state index in [1.165, 1.54) is 50.9 Å². The van der Waals surface area contributed by atoms with Gasteiger partial charge in [0, 0.05) is 32.1 Å². The Kier molecular flexibility index (Phi) is 8.26. The molecule has 0 bridgehead atoms. The van der Waals surface area contributed by atoms with Gasteiger partial charge in [-0.1, -0.05) is 12.1 Å². The van der Waals surface area contributed by atoms with Gasteiger partial charge in [0.15, 0.2) is 23.7 Å². The molecule has 0 unspecified atom stereocenters. The van der Waals surface area contributed by atoms with E-state index in [1.54, 1.807) is 12.1 Å².